The number of H-pyrrole nitrogens is 1. The van der Waals surface area contributed by atoms with Crippen LogP contribution in [0.1, 0.15) is 29.9 Å². The Hall–Kier alpha value is -3.46. The van der Waals surface area contributed by atoms with Crippen molar-refractivity contribution in [2.75, 3.05) is 23.3 Å². The van der Waals surface area contributed by atoms with Crippen LogP contribution in [0.25, 0.3) is 16.6 Å². The van der Waals surface area contributed by atoms with Gasteiger partial charge in [-0.2, -0.15) is 5.10 Å². The molecule has 2 atom stereocenters. The Bertz CT molecular complexity index is 1280. The van der Waals surface area contributed by atoms with Crippen molar-refractivity contribution in [1.29, 1.82) is 0 Å². The Balaban J connectivity index is 1.46. The number of aromatic amines is 1. The Morgan fingerprint density at radius 3 is 2.77 bits per heavy atom. The number of aryl methyl sites for hydroxylation is 1. The molecule has 0 spiro atoms. The third-order valence-electron chi connectivity index (χ3n) is 5.63. The highest BCUT2D eigenvalue weighted by Crippen LogP contribution is 2.32. The summed E-state index contributed by atoms with van der Waals surface area (Å²) in [6.45, 7) is 7.89. The number of fused-ring (bicyclic) bond motifs is 2. The van der Waals surface area contributed by atoms with Crippen LogP contribution in [0.15, 0.2) is 36.8 Å². The molecule has 4 heterocycles. The number of nitrogens with zero attached hydrogens (tertiary/aromatic N) is 4. The Morgan fingerprint density at radius 2 is 2.00 bits per heavy atom. The lowest BCUT2D eigenvalue weighted by atomic mass is 10.1. The van der Waals surface area contributed by atoms with Crippen LogP contribution in [-0.4, -0.2) is 50.7 Å². The number of hydrogen-bond acceptors (Lipinski definition) is 5. The number of nitrogens with one attached hydrogen (secondary N) is 3. The van der Waals surface area contributed by atoms with E-state index in [0.29, 0.717) is 23.5 Å². The van der Waals surface area contributed by atoms with Gasteiger partial charge in [-0.15, -0.1) is 0 Å². The van der Waals surface area contributed by atoms with Crippen molar-refractivity contribution in [3.8, 4) is 0 Å². The first-order valence-electron chi connectivity index (χ1n) is 10.3. The molecule has 3 N–H and O–H groups in total. The van der Waals surface area contributed by atoms with E-state index in [9.17, 15) is 9.18 Å². The summed E-state index contributed by atoms with van der Waals surface area (Å²) < 4.78 is 15.9. The average molecular weight is 421 g/mol. The first-order chi connectivity index (χ1) is 14.9. The molecular formula is C22H24FN7O. The monoisotopic (exact) mass is 421 g/mol. The SMILES string of the molecule is Cc1cn2cc(C(=O)Nc3ccc(N4CC(C)NC(C)C4)c4cn[nH]c34)cc(F)c2n1. The smallest absolute Gasteiger partial charge is 0.257 e. The molecule has 1 saturated heterocycles. The van der Waals surface area contributed by atoms with Crippen molar-refractivity contribution >= 4 is 33.8 Å². The minimum atomic E-state index is -0.537. The van der Waals surface area contributed by atoms with Crippen LogP contribution in [-0.2, 0) is 0 Å². The number of carbonyl (C=O) groups excluding carboxylic acids is 1. The summed E-state index contributed by atoms with van der Waals surface area (Å²) in [7, 11) is 0. The molecule has 4 aromatic rings. The fourth-order valence-electron chi connectivity index (χ4n) is 4.42. The van der Waals surface area contributed by atoms with Gasteiger partial charge in [0.05, 0.1) is 28.7 Å². The number of anilines is 2. The largest absolute Gasteiger partial charge is 0.368 e. The van der Waals surface area contributed by atoms with Gasteiger partial charge >= 0.3 is 0 Å². The summed E-state index contributed by atoms with van der Waals surface area (Å²) in [6, 6.07) is 5.82. The zero-order chi connectivity index (χ0) is 21.7. The van der Waals surface area contributed by atoms with E-state index in [1.807, 2.05) is 12.1 Å². The Kier molecular flexibility index (Phi) is 4.62. The fraction of sp³-hybridized carbons (Fsp3) is 0.318. The lowest BCUT2D eigenvalue weighted by Gasteiger charge is -2.38. The van der Waals surface area contributed by atoms with E-state index in [4.69, 9.17) is 0 Å². The molecule has 31 heavy (non-hydrogen) atoms. The van der Waals surface area contributed by atoms with Crippen LogP contribution in [0.4, 0.5) is 15.8 Å². The van der Waals surface area contributed by atoms with Crippen LogP contribution < -0.4 is 15.5 Å². The topological polar surface area (TPSA) is 90.4 Å². The fourth-order valence-corrected chi connectivity index (χ4v) is 4.42. The molecule has 1 fully saturated rings. The van der Waals surface area contributed by atoms with Gasteiger partial charge in [0.1, 0.15) is 0 Å². The highest BCUT2D eigenvalue weighted by Gasteiger charge is 2.24. The molecule has 9 heteroatoms. The van der Waals surface area contributed by atoms with Crippen molar-refractivity contribution in [2.45, 2.75) is 32.9 Å². The van der Waals surface area contributed by atoms with Gasteiger partial charge in [0, 0.05) is 48.6 Å². The van der Waals surface area contributed by atoms with Crippen LogP contribution in [0.3, 0.4) is 0 Å². The summed E-state index contributed by atoms with van der Waals surface area (Å²) in [5.74, 6) is -0.940. The highest BCUT2D eigenvalue weighted by atomic mass is 19.1. The number of piperazine rings is 1. The lowest BCUT2D eigenvalue weighted by Crippen LogP contribution is -2.54. The molecule has 1 amide bonds. The zero-order valence-corrected chi connectivity index (χ0v) is 17.6. The number of hydrogen-bond donors (Lipinski definition) is 3. The number of benzene rings is 1. The van der Waals surface area contributed by atoms with Crippen LogP contribution >= 0.6 is 0 Å². The van der Waals surface area contributed by atoms with E-state index in [-0.39, 0.29) is 11.2 Å². The minimum absolute atomic E-state index is 0.203. The highest BCUT2D eigenvalue weighted by molar-refractivity contribution is 6.10. The zero-order valence-electron chi connectivity index (χ0n) is 17.6. The molecule has 0 bridgehead atoms. The quantitative estimate of drug-likeness (QED) is 0.473. The molecule has 3 aromatic heterocycles. The van der Waals surface area contributed by atoms with E-state index < -0.39 is 11.7 Å². The van der Waals surface area contributed by atoms with E-state index >= 15 is 0 Å². The molecule has 2 unspecified atom stereocenters. The standard InChI is InChI=1S/C22H24FN7O/c1-12-8-29(9-13(2)25-12)19-5-4-18(20-16(19)7-24-28-20)27-22(31)15-6-17(23)21-26-14(3)10-30(21)11-15/h4-7,10-13,25H,8-9H2,1-3H3,(H,24,28)(H,27,31). The molecule has 160 valence electrons. The number of amides is 1. The first kappa shape index (κ1) is 19.5. The molecule has 1 aliphatic rings. The minimum Gasteiger partial charge on any atom is -0.368 e. The van der Waals surface area contributed by atoms with E-state index in [2.05, 4.69) is 44.6 Å². The molecule has 5 rings (SSSR count). The summed E-state index contributed by atoms with van der Waals surface area (Å²) in [5.41, 5.74) is 3.51. The van der Waals surface area contributed by atoms with Crippen molar-refractivity contribution in [1.82, 2.24) is 24.9 Å². The van der Waals surface area contributed by atoms with Crippen molar-refractivity contribution in [3.63, 3.8) is 0 Å². The molecule has 1 aliphatic heterocycles. The average Bonchev–Trinajstić information content (AvgIpc) is 3.34. The third-order valence-corrected chi connectivity index (χ3v) is 5.63. The molecular weight excluding hydrogens is 397 g/mol. The second-order valence-electron chi connectivity index (χ2n) is 8.31. The van der Waals surface area contributed by atoms with Gasteiger partial charge in [-0.05, 0) is 39.0 Å². The van der Waals surface area contributed by atoms with Crippen LogP contribution in [0, 0.1) is 12.7 Å². The normalized spacial score (nSPS) is 19.3. The molecule has 0 saturated carbocycles. The van der Waals surface area contributed by atoms with Gasteiger partial charge in [-0.25, -0.2) is 9.37 Å². The summed E-state index contributed by atoms with van der Waals surface area (Å²) in [4.78, 5) is 19.4. The van der Waals surface area contributed by atoms with Gasteiger partial charge in [-0.3, -0.25) is 9.89 Å². The van der Waals surface area contributed by atoms with Gasteiger partial charge in [0.25, 0.3) is 5.91 Å². The summed E-state index contributed by atoms with van der Waals surface area (Å²) in [5, 5.41) is 14.6. The number of pyridine rings is 1. The predicted octanol–water partition coefficient (Wildman–Crippen LogP) is 3.10. The number of halogens is 1. The van der Waals surface area contributed by atoms with Crippen molar-refractivity contribution in [3.05, 3.63) is 53.9 Å². The Morgan fingerprint density at radius 1 is 1.23 bits per heavy atom. The lowest BCUT2D eigenvalue weighted by molar-refractivity contribution is 0.102. The second kappa shape index (κ2) is 7.35. The summed E-state index contributed by atoms with van der Waals surface area (Å²) >= 11 is 0. The predicted molar refractivity (Wildman–Crippen MR) is 118 cm³/mol. The van der Waals surface area contributed by atoms with Gasteiger partial charge in [0.15, 0.2) is 11.5 Å². The molecule has 0 aliphatic carbocycles. The van der Waals surface area contributed by atoms with Crippen LogP contribution in [0.5, 0.6) is 0 Å². The maximum Gasteiger partial charge on any atom is 0.257 e. The van der Waals surface area contributed by atoms with Crippen molar-refractivity contribution in [2.24, 2.45) is 0 Å². The number of rotatable bonds is 3. The van der Waals surface area contributed by atoms with Gasteiger partial charge in [-0.1, -0.05) is 0 Å². The molecule has 8 nitrogen and oxygen atoms in total. The Labute approximate surface area is 178 Å². The van der Waals surface area contributed by atoms with E-state index in [1.54, 1.807) is 25.5 Å². The second-order valence-corrected chi connectivity index (χ2v) is 8.31. The van der Waals surface area contributed by atoms with Crippen LogP contribution in [0.2, 0.25) is 0 Å². The van der Waals surface area contributed by atoms with Gasteiger partial charge in [0.2, 0.25) is 0 Å². The molecule has 1 aromatic carbocycles. The van der Waals surface area contributed by atoms with E-state index in [1.165, 1.54) is 10.5 Å². The summed E-state index contributed by atoms with van der Waals surface area (Å²) in [6.07, 6.45) is 5.04. The van der Waals surface area contributed by atoms with E-state index in [0.717, 1.165) is 29.7 Å². The number of aromatic nitrogens is 4. The number of imidazole rings is 1. The maximum atomic E-state index is 14.4. The maximum absolute atomic E-state index is 14.4. The first-order valence-corrected chi connectivity index (χ1v) is 10.3. The number of carbonyl (C=O) groups is 1. The third kappa shape index (κ3) is 3.50. The van der Waals surface area contributed by atoms with Crippen molar-refractivity contribution < 1.29 is 9.18 Å². The molecule has 0 radical (unpaired) electrons. The van der Waals surface area contributed by atoms with Gasteiger partial charge < -0.3 is 19.9 Å².